The maximum absolute atomic E-state index is 13.4. The van der Waals surface area contributed by atoms with Crippen LogP contribution in [-0.2, 0) is 21.6 Å². The van der Waals surface area contributed by atoms with Gasteiger partial charge in [0.2, 0.25) is 0 Å². The average molecular weight is 437 g/mol. The van der Waals surface area contributed by atoms with E-state index in [2.05, 4.69) is 15.9 Å². The zero-order valence-electron chi connectivity index (χ0n) is 15.6. The Morgan fingerprint density at radius 1 is 1.15 bits per heavy atom. The van der Waals surface area contributed by atoms with Crippen LogP contribution in [0.3, 0.4) is 0 Å². The monoisotopic (exact) mass is 436 g/mol. The second-order valence-electron chi connectivity index (χ2n) is 7.07. The number of nitrogens with zero attached hydrogens (tertiary/aromatic N) is 2. The molecule has 0 N–H and O–H groups in total. The van der Waals surface area contributed by atoms with E-state index in [1.807, 2.05) is 6.07 Å². The molecule has 27 heavy (non-hydrogen) atoms. The molecule has 3 rings (SSSR count). The van der Waals surface area contributed by atoms with Crippen LogP contribution in [0, 0.1) is 0 Å². The lowest BCUT2D eigenvalue weighted by Gasteiger charge is -2.36. The third-order valence-electron chi connectivity index (χ3n) is 5.49. The van der Waals surface area contributed by atoms with Crippen molar-refractivity contribution in [3.05, 3.63) is 45.1 Å². The predicted octanol–water partition coefficient (Wildman–Crippen LogP) is 3.17. The number of halogens is 1. The van der Waals surface area contributed by atoms with Crippen molar-refractivity contribution in [2.75, 3.05) is 12.4 Å². The molecule has 7 heteroatoms. The second-order valence-corrected chi connectivity index (χ2v) is 7.86. The molecular weight excluding hydrogens is 412 g/mol. The molecule has 0 atom stereocenters. The number of carbonyl (C=O) groups is 1. The summed E-state index contributed by atoms with van der Waals surface area (Å²) in [5, 5.41) is 1.32. The van der Waals surface area contributed by atoms with E-state index < -0.39 is 22.8 Å². The molecule has 1 aromatic carbocycles. The Labute approximate surface area is 166 Å². The smallest absolute Gasteiger partial charge is 0.332 e. The van der Waals surface area contributed by atoms with E-state index in [1.54, 1.807) is 22.8 Å². The fourth-order valence-corrected chi connectivity index (χ4v) is 4.52. The van der Waals surface area contributed by atoms with Crippen molar-refractivity contribution in [1.29, 1.82) is 0 Å². The summed E-state index contributed by atoms with van der Waals surface area (Å²) in [7, 11) is 1.32. The van der Waals surface area contributed by atoms with Crippen molar-refractivity contribution in [2.24, 2.45) is 0 Å². The van der Waals surface area contributed by atoms with Gasteiger partial charge in [-0.25, -0.2) is 14.2 Å². The van der Waals surface area contributed by atoms with Crippen molar-refractivity contribution in [1.82, 2.24) is 9.13 Å². The molecule has 0 aliphatic heterocycles. The van der Waals surface area contributed by atoms with Crippen LogP contribution in [0.2, 0.25) is 0 Å². The minimum Gasteiger partial charge on any atom is -0.467 e. The summed E-state index contributed by atoms with van der Waals surface area (Å²) < 4.78 is 7.88. The highest BCUT2D eigenvalue weighted by atomic mass is 79.9. The number of alkyl halides is 1. The minimum atomic E-state index is -1.21. The first-order chi connectivity index (χ1) is 13.1. The SMILES string of the molecule is COC(=O)C1(n2c(=O)c3ccccc3n(CCCCBr)c2=O)CCCCC1. The Hall–Kier alpha value is -1.89. The number of ether oxygens (including phenoxy) is 1. The van der Waals surface area contributed by atoms with Crippen LogP contribution in [0.4, 0.5) is 0 Å². The van der Waals surface area contributed by atoms with E-state index in [-0.39, 0.29) is 0 Å². The second kappa shape index (κ2) is 8.42. The number of hydrogen-bond acceptors (Lipinski definition) is 4. The van der Waals surface area contributed by atoms with Gasteiger partial charge in [-0.3, -0.25) is 9.36 Å². The molecule has 0 amide bonds. The number of methoxy groups -OCH3 is 1. The molecule has 146 valence electrons. The number of unbranched alkanes of at least 4 members (excludes halogenated alkanes) is 1. The number of para-hydroxylation sites is 1. The molecule has 1 fully saturated rings. The molecule has 1 aromatic heterocycles. The molecule has 1 heterocycles. The van der Waals surface area contributed by atoms with E-state index >= 15 is 0 Å². The maximum Gasteiger partial charge on any atom is 0.332 e. The van der Waals surface area contributed by atoms with Crippen LogP contribution in [0.1, 0.15) is 44.9 Å². The number of carbonyl (C=O) groups excluding carboxylic acids is 1. The Balaban J connectivity index is 2.30. The zero-order valence-corrected chi connectivity index (χ0v) is 17.2. The fourth-order valence-electron chi connectivity index (χ4n) is 4.12. The molecule has 1 aliphatic carbocycles. The van der Waals surface area contributed by atoms with Gasteiger partial charge < -0.3 is 4.74 Å². The lowest BCUT2D eigenvalue weighted by molar-refractivity contribution is -0.153. The summed E-state index contributed by atoms with van der Waals surface area (Å²) in [5.41, 5.74) is -1.41. The summed E-state index contributed by atoms with van der Waals surface area (Å²) in [6, 6.07) is 7.13. The first-order valence-electron chi connectivity index (χ1n) is 9.46. The van der Waals surface area contributed by atoms with Crippen LogP contribution < -0.4 is 11.2 Å². The van der Waals surface area contributed by atoms with Crippen LogP contribution in [-0.4, -0.2) is 27.5 Å². The van der Waals surface area contributed by atoms with Crippen LogP contribution in [0.5, 0.6) is 0 Å². The molecule has 0 spiro atoms. The molecule has 0 unspecified atom stereocenters. The standard InChI is InChI=1S/C20H25BrN2O4/c1-27-18(25)20(11-5-2-6-12-20)23-17(24)15-9-3-4-10-16(15)22(19(23)26)14-8-7-13-21/h3-4,9-10H,2,5-8,11-14H2,1H3. The quantitative estimate of drug-likeness (QED) is 0.396. The van der Waals surface area contributed by atoms with Gasteiger partial charge in [0.15, 0.2) is 0 Å². The van der Waals surface area contributed by atoms with Gasteiger partial charge in [0.25, 0.3) is 5.56 Å². The van der Waals surface area contributed by atoms with Gasteiger partial charge >= 0.3 is 11.7 Å². The largest absolute Gasteiger partial charge is 0.467 e. The molecule has 0 bridgehead atoms. The molecule has 0 radical (unpaired) electrons. The Morgan fingerprint density at radius 2 is 1.85 bits per heavy atom. The fraction of sp³-hybridized carbons (Fsp3) is 0.550. The number of rotatable bonds is 6. The van der Waals surface area contributed by atoms with E-state index in [1.165, 1.54) is 11.7 Å². The summed E-state index contributed by atoms with van der Waals surface area (Å²) in [6.45, 7) is 0.502. The topological polar surface area (TPSA) is 70.3 Å². The summed E-state index contributed by atoms with van der Waals surface area (Å²) >= 11 is 3.41. The highest BCUT2D eigenvalue weighted by Gasteiger charge is 2.45. The first kappa shape index (κ1) is 19.9. The van der Waals surface area contributed by atoms with E-state index in [9.17, 15) is 14.4 Å². The van der Waals surface area contributed by atoms with Crippen molar-refractivity contribution in [3.63, 3.8) is 0 Å². The number of esters is 1. The Bertz CT molecular complexity index is 941. The van der Waals surface area contributed by atoms with Gasteiger partial charge in [0, 0.05) is 11.9 Å². The van der Waals surface area contributed by atoms with Gasteiger partial charge in [-0.1, -0.05) is 47.3 Å². The molecule has 1 saturated carbocycles. The van der Waals surface area contributed by atoms with E-state index in [4.69, 9.17) is 4.74 Å². The Morgan fingerprint density at radius 3 is 2.52 bits per heavy atom. The van der Waals surface area contributed by atoms with Gasteiger partial charge in [0.1, 0.15) is 5.54 Å². The average Bonchev–Trinajstić information content (AvgIpc) is 2.70. The predicted molar refractivity (Wildman–Crippen MR) is 109 cm³/mol. The third kappa shape index (κ3) is 3.49. The van der Waals surface area contributed by atoms with E-state index in [0.29, 0.717) is 30.3 Å². The lowest BCUT2D eigenvalue weighted by atomic mass is 9.81. The number of hydrogen-bond donors (Lipinski definition) is 0. The highest BCUT2D eigenvalue weighted by Crippen LogP contribution is 2.34. The zero-order chi connectivity index (χ0) is 19.4. The molecule has 0 saturated heterocycles. The number of aryl methyl sites for hydroxylation is 1. The molecular formula is C20H25BrN2O4. The molecule has 1 aliphatic rings. The van der Waals surface area contributed by atoms with E-state index in [0.717, 1.165) is 37.4 Å². The van der Waals surface area contributed by atoms with Gasteiger partial charge in [-0.15, -0.1) is 0 Å². The van der Waals surface area contributed by atoms with Crippen molar-refractivity contribution in [3.8, 4) is 0 Å². The maximum atomic E-state index is 13.4. The normalized spacial score (nSPS) is 16.4. The molecule has 2 aromatic rings. The van der Waals surface area contributed by atoms with Crippen molar-refractivity contribution < 1.29 is 9.53 Å². The summed E-state index contributed by atoms with van der Waals surface area (Å²) in [6.07, 6.45) is 5.19. The van der Waals surface area contributed by atoms with Crippen LogP contribution in [0.25, 0.3) is 10.9 Å². The first-order valence-corrected chi connectivity index (χ1v) is 10.6. The van der Waals surface area contributed by atoms with Gasteiger partial charge in [-0.2, -0.15) is 0 Å². The molecule has 6 nitrogen and oxygen atoms in total. The lowest BCUT2D eigenvalue weighted by Crippen LogP contribution is -2.56. The number of fused-ring (bicyclic) bond motifs is 1. The van der Waals surface area contributed by atoms with Crippen molar-refractivity contribution in [2.45, 2.75) is 57.0 Å². The summed E-state index contributed by atoms with van der Waals surface area (Å²) in [4.78, 5) is 39.5. The number of aromatic nitrogens is 2. The highest BCUT2D eigenvalue weighted by molar-refractivity contribution is 9.09. The van der Waals surface area contributed by atoms with Gasteiger partial charge in [0.05, 0.1) is 18.0 Å². The van der Waals surface area contributed by atoms with Gasteiger partial charge in [-0.05, 0) is 37.8 Å². The third-order valence-corrected chi connectivity index (χ3v) is 6.05. The minimum absolute atomic E-state index is 0.403. The van der Waals surface area contributed by atoms with Crippen LogP contribution in [0.15, 0.2) is 33.9 Å². The summed E-state index contributed by atoms with van der Waals surface area (Å²) in [5.74, 6) is -0.497. The van der Waals surface area contributed by atoms with Crippen molar-refractivity contribution >= 4 is 32.8 Å². The van der Waals surface area contributed by atoms with Crippen LogP contribution >= 0.6 is 15.9 Å². The number of benzene rings is 1. The Kier molecular flexibility index (Phi) is 6.19.